The number of aryl methyl sites for hydroxylation is 1. The molecular weight excluding hydrogens is 346 g/mol. The summed E-state index contributed by atoms with van der Waals surface area (Å²) >= 11 is 0. The summed E-state index contributed by atoms with van der Waals surface area (Å²) in [4.78, 5) is 22.8. The Bertz CT molecular complexity index is 805. The maximum atomic E-state index is 12.2. The molecule has 8 heteroatoms. The van der Waals surface area contributed by atoms with Crippen molar-refractivity contribution in [2.75, 3.05) is 38.3 Å². The minimum atomic E-state index is -0.0865. The first-order valence-corrected chi connectivity index (χ1v) is 9.23. The summed E-state index contributed by atoms with van der Waals surface area (Å²) in [6.45, 7) is 2.98. The lowest BCUT2D eigenvalue weighted by Crippen LogP contribution is -2.65. The lowest BCUT2D eigenvalue weighted by molar-refractivity contribution is -0.115. The minimum Gasteiger partial charge on any atom is -0.481 e. The quantitative estimate of drug-likeness (QED) is 0.852. The number of carbonyl (C=O) groups excluding carboxylic acids is 1. The normalized spacial score (nSPS) is 21.0. The molecule has 144 valence electrons. The molecule has 0 aromatic carbocycles. The summed E-state index contributed by atoms with van der Waals surface area (Å²) in [5.74, 6) is 1.76. The molecule has 0 bridgehead atoms. The predicted octanol–water partition coefficient (Wildman–Crippen LogP) is 1.24. The van der Waals surface area contributed by atoms with E-state index < -0.39 is 0 Å². The Kier molecular flexibility index (Phi) is 4.73. The van der Waals surface area contributed by atoms with Crippen molar-refractivity contribution in [2.45, 2.75) is 18.4 Å². The zero-order chi connectivity index (χ0) is 18.9. The number of nitrogens with zero attached hydrogens (tertiary/aromatic N) is 4. The van der Waals surface area contributed by atoms with Crippen LogP contribution in [0.15, 0.2) is 30.7 Å². The Balaban J connectivity index is 1.24. The van der Waals surface area contributed by atoms with Crippen molar-refractivity contribution in [3.63, 3.8) is 0 Å². The largest absolute Gasteiger partial charge is 0.481 e. The van der Waals surface area contributed by atoms with E-state index in [-0.39, 0.29) is 11.5 Å². The standard InChI is InChI=1S/C19H25N5O3/c1-23-7-3-4-15(23)18(25)20-9-14-5-6-19(27-10-14)11-24(12-19)16-8-17(26-2)22-13-21-16/h3-4,7-8,13-14H,5-6,9-12H2,1-2H3,(H,20,25)/t14-/m0/s1. The van der Waals surface area contributed by atoms with E-state index in [1.165, 1.54) is 6.33 Å². The van der Waals surface area contributed by atoms with Crippen LogP contribution < -0.4 is 15.0 Å². The number of hydrogen-bond acceptors (Lipinski definition) is 6. The molecule has 2 saturated heterocycles. The van der Waals surface area contributed by atoms with Crippen LogP contribution in [0.25, 0.3) is 0 Å². The average Bonchev–Trinajstić information content (AvgIpc) is 3.11. The van der Waals surface area contributed by atoms with Gasteiger partial charge < -0.3 is 24.3 Å². The van der Waals surface area contributed by atoms with E-state index in [0.29, 0.717) is 30.6 Å². The van der Waals surface area contributed by atoms with Crippen LogP contribution in [0.1, 0.15) is 23.3 Å². The van der Waals surface area contributed by atoms with Crippen molar-refractivity contribution < 1.29 is 14.3 Å². The Hall–Kier alpha value is -2.61. The Morgan fingerprint density at radius 2 is 2.30 bits per heavy atom. The Morgan fingerprint density at radius 3 is 2.96 bits per heavy atom. The summed E-state index contributed by atoms with van der Waals surface area (Å²) in [6, 6.07) is 5.54. The smallest absolute Gasteiger partial charge is 0.267 e. The van der Waals surface area contributed by atoms with Crippen molar-refractivity contribution >= 4 is 11.7 Å². The molecule has 0 aliphatic carbocycles. The fourth-order valence-electron chi connectivity index (χ4n) is 3.78. The molecule has 27 heavy (non-hydrogen) atoms. The molecule has 0 saturated carbocycles. The number of carbonyl (C=O) groups is 1. The van der Waals surface area contributed by atoms with Crippen LogP contribution in [0.4, 0.5) is 5.82 Å². The highest BCUT2D eigenvalue weighted by atomic mass is 16.5. The number of methoxy groups -OCH3 is 1. The van der Waals surface area contributed by atoms with Crippen LogP contribution in [-0.2, 0) is 11.8 Å². The molecule has 2 aromatic heterocycles. The summed E-state index contributed by atoms with van der Waals surface area (Å²) in [5, 5.41) is 3.03. The van der Waals surface area contributed by atoms with Gasteiger partial charge in [0.1, 0.15) is 23.4 Å². The van der Waals surface area contributed by atoms with Crippen LogP contribution in [0.2, 0.25) is 0 Å². The minimum absolute atomic E-state index is 0.0321. The van der Waals surface area contributed by atoms with Gasteiger partial charge in [0.2, 0.25) is 5.88 Å². The van der Waals surface area contributed by atoms with E-state index in [1.807, 2.05) is 36.0 Å². The van der Waals surface area contributed by atoms with E-state index in [4.69, 9.17) is 9.47 Å². The van der Waals surface area contributed by atoms with E-state index >= 15 is 0 Å². The number of amides is 1. The van der Waals surface area contributed by atoms with Gasteiger partial charge in [-0.2, -0.15) is 0 Å². The third kappa shape index (κ3) is 3.62. The summed E-state index contributed by atoms with van der Waals surface area (Å²) in [5.41, 5.74) is 0.592. The first kappa shape index (κ1) is 17.8. The fourth-order valence-corrected chi connectivity index (χ4v) is 3.78. The highest BCUT2D eigenvalue weighted by Crippen LogP contribution is 2.38. The van der Waals surface area contributed by atoms with Gasteiger partial charge in [0, 0.05) is 25.9 Å². The van der Waals surface area contributed by atoms with Gasteiger partial charge in [-0.1, -0.05) is 0 Å². The Morgan fingerprint density at radius 1 is 1.44 bits per heavy atom. The number of ether oxygens (including phenoxy) is 2. The highest BCUT2D eigenvalue weighted by molar-refractivity contribution is 5.92. The maximum absolute atomic E-state index is 12.2. The van der Waals surface area contributed by atoms with Crippen molar-refractivity contribution in [1.29, 1.82) is 0 Å². The van der Waals surface area contributed by atoms with Gasteiger partial charge >= 0.3 is 0 Å². The van der Waals surface area contributed by atoms with Crippen LogP contribution in [0, 0.1) is 5.92 Å². The van der Waals surface area contributed by atoms with Gasteiger partial charge in [-0.25, -0.2) is 9.97 Å². The zero-order valence-corrected chi connectivity index (χ0v) is 15.7. The second kappa shape index (κ2) is 7.19. The molecule has 2 fully saturated rings. The van der Waals surface area contributed by atoms with Gasteiger partial charge in [-0.15, -0.1) is 0 Å². The zero-order valence-electron chi connectivity index (χ0n) is 15.7. The van der Waals surface area contributed by atoms with E-state index in [1.54, 1.807) is 7.11 Å². The topological polar surface area (TPSA) is 81.5 Å². The first-order chi connectivity index (χ1) is 13.1. The second-order valence-corrected chi connectivity index (χ2v) is 7.39. The van der Waals surface area contributed by atoms with Gasteiger partial charge in [-0.05, 0) is 30.9 Å². The van der Waals surface area contributed by atoms with E-state index in [0.717, 1.165) is 31.7 Å². The third-order valence-electron chi connectivity index (χ3n) is 5.48. The van der Waals surface area contributed by atoms with Crippen LogP contribution in [-0.4, -0.2) is 59.4 Å². The molecule has 1 amide bonds. The van der Waals surface area contributed by atoms with Crippen molar-refractivity contribution in [1.82, 2.24) is 19.9 Å². The molecule has 1 atom stereocenters. The van der Waals surface area contributed by atoms with E-state index in [2.05, 4.69) is 20.2 Å². The molecule has 1 spiro atoms. The van der Waals surface area contributed by atoms with E-state index in [9.17, 15) is 4.79 Å². The number of nitrogens with one attached hydrogen (secondary N) is 1. The molecule has 0 radical (unpaired) electrons. The molecule has 1 N–H and O–H groups in total. The fraction of sp³-hybridized carbons (Fsp3) is 0.526. The van der Waals surface area contributed by atoms with Crippen LogP contribution in [0.5, 0.6) is 5.88 Å². The van der Waals surface area contributed by atoms with Crippen LogP contribution in [0.3, 0.4) is 0 Å². The third-order valence-corrected chi connectivity index (χ3v) is 5.48. The van der Waals surface area contributed by atoms with Crippen molar-refractivity contribution in [2.24, 2.45) is 13.0 Å². The summed E-state index contributed by atoms with van der Waals surface area (Å²) < 4.78 is 13.2. The summed E-state index contributed by atoms with van der Waals surface area (Å²) in [7, 11) is 3.47. The molecule has 2 aliphatic heterocycles. The second-order valence-electron chi connectivity index (χ2n) is 7.39. The molecule has 2 aromatic rings. The monoisotopic (exact) mass is 371 g/mol. The molecule has 2 aliphatic rings. The molecular formula is C19H25N5O3. The highest BCUT2D eigenvalue weighted by Gasteiger charge is 2.47. The lowest BCUT2D eigenvalue weighted by Gasteiger charge is -2.53. The van der Waals surface area contributed by atoms with Crippen LogP contribution >= 0.6 is 0 Å². The molecule has 8 nitrogen and oxygen atoms in total. The molecule has 0 unspecified atom stereocenters. The van der Waals surface area contributed by atoms with Gasteiger partial charge in [-0.3, -0.25) is 4.79 Å². The van der Waals surface area contributed by atoms with Gasteiger partial charge in [0.25, 0.3) is 5.91 Å². The number of rotatable bonds is 5. The summed E-state index contributed by atoms with van der Waals surface area (Å²) in [6.07, 6.45) is 5.44. The van der Waals surface area contributed by atoms with Crippen molar-refractivity contribution in [3.05, 3.63) is 36.4 Å². The first-order valence-electron chi connectivity index (χ1n) is 9.23. The average molecular weight is 371 g/mol. The number of aromatic nitrogens is 3. The lowest BCUT2D eigenvalue weighted by atomic mass is 9.83. The Labute approximate surface area is 158 Å². The van der Waals surface area contributed by atoms with Gasteiger partial charge in [0.05, 0.1) is 26.8 Å². The van der Waals surface area contributed by atoms with Gasteiger partial charge in [0.15, 0.2) is 0 Å². The number of hydrogen-bond donors (Lipinski definition) is 1. The predicted molar refractivity (Wildman–Crippen MR) is 100.0 cm³/mol. The molecule has 4 heterocycles. The van der Waals surface area contributed by atoms with Crippen molar-refractivity contribution in [3.8, 4) is 5.88 Å². The molecule has 4 rings (SSSR count). The maximum Gasteiger partial charge on any atom is 0.267 e. The SMILES string of the molecule is COc1cc(N2CC3(CC[C@@H](CNC(=O)c4cccn4C)CO3)C2)ncn1. The number of anilines is 1.